The Bertz CT molecular complexity index is 677. The van der Waals surface area contributed by atoms with Crippen LogP contribution in [0.4, 0.5) is 10.5 Å². The Balaban J connectivity index is 2.05. The second-order valence-electron chi connectivity index (χ2n) is 5.79. The van der Waals surface area contributed by atoms with Crippen molar-refractivity contribution in [2.45, 2.75) is 19.4 Å². The van der Waals surface area contributed by atoms with E-state index in [9.17, 15) is 14.4 Å². The van der Waals surface area contributed by atoms with Gasteiger partial charge in [-0.2, -0.15) is 0 Å². The summed E-state index contributed by atoms with van der Waals surface area (Å²) in [5.74, 6) is -0.175. The molecule has 1 aliphatic heterocycles. The molecule has 0 bridgehead atoms. The minimum Gasteiger partial charge on any atom is -0.477 e. The monoisotopic (exact) mass is 360 g/mol. The fourth-order valence-corrected chi connectivity index (χ4v) is 2.50. The summed E-state index contributed by atoms with van der Waals surface area (Å²) >= 11 is 0. The average Bonchev–Trinajstić information content (AvgIpc) is 2.64. The first-order valence-electron chi connectivity index (χ1n) is 8.52. The number of rotatable bonds is 7. The molecule has 0 radical (unpaired) electrons. The van der Waals surface area contributed by atoms with E-state index in [1.807, 2.05) is 13.0 Å². The highest BCUT2D eigenvalue weighted by Crippen LogP contribution is 2.32. The standard InChI is InChI=1S/C18H24N4O4/c1-3-9-19-17(24)15-11-22(13-7-5-6-8-14(13)26-15)12-16(23)21-18(25)20-10-4-2/h4-8,15H,2-3,9-12H2,1H3,(H,19,24)(H2,20,21,23,25)/t15-/m0/s1. The quantitative estimate of drug-likeness (QED) is 0.625. The number of para-hydroxylation sites is 2. The van der Waals surface area contributed by atoms with Gasteiger partial charge in [-0.25, -0.2) is 4.79 Å². The van der Waals surface area contributed by atoms with E-state index in [1.165, 1.54) is 6.08 Å². The number of hydrogen-bond acceptors (Lipinski definition) is 5. The van der Waals surface area contributed by atoms with Gasteiger partial charge in [0.1, 0.15) is 5.75 Å². The number of carbonyl (C=O) groups excluding carboxylic acids is 3. The van der Waals surface area contributed by atoms with Crippen LogP contribution in [-0.4, -0.2) is 50.1 Å². The third-order valence-corrected chi connectivity index (χ3v) is 3.70. The molecule has 26 heavy (non-hydrogen) atoms. The summed E-state index contributed by atoms with van der Waals surface area (Å²) in [5.41, 5.74) is 0.702. The lowest BCUT2D eigenvalue weighted by Crippen LogP contribution is -2.52. The number of benzene rings is 1. The van der Waals surface area contributed by atoms with Crippen LogP contribution in [0.1, 0.15) is 13.3 Å². The molecule has 1 heterocycles. The van der Waals surface area contributed by atoms with Crippen molar-refractivity contribution < 1.29 is 19.1 Å². The van der Waals surface area contributed by atoms with Crippen LogP contribution in [0.2, 0.25) is 0 Å². The molecule has 2 rings (SSSR count). The first-order valence-corrected chi connectivity index (χ1v) is 8.52. The topological polar surface area (TPSA) is 99.8 Å². The van der Waals surface area contributed by atoms with Crippen LogP contribution >= 0.6 is 0 Å². The molecule has 1 aromatic carbocycles. The first kappa shape index (κ1) is 19.3. The van der Waals surface area contributed by atoms with Crippen molar-refractivity contribution in [1.29, 1.82) is 0 Å². The summed E-state index contributed by atoms with van der Waals surface area (Å²) in [6.07, 6.45) is 1.61. The van der Waals surface area contributed by atoms with E-state index in [-0.39, 0.29) is 25.5 Å². The fraction of sp³-hybridized carbons (Fsp3) is 0.389. The first-order chi connectivity index (χ1) is 12.5. The van der Waals surface area contributed by atoms with E-state index in [0.717, 1.165) is 6.42 Å². The Morgan fingerprint density at radius 3 is 2.81 bits per heavy atom. The molecule has 140 valence electrons. The van der Waals surface area contributed by atoms with Crippen LogP contribution in [0.5, 0.6) is 5.75 Å². The smallest absolute Gasteiger partial charge is 0.321 e. The van der Waals surface area contributed by atoms with Gasteiger partial charge in [0.2, 0.25) is 5.91 Å². The summed E-state index contributed by atoms with van der Waals surface area (Å²) in [7, 11) is 0. The molecular weight excluding hydrogens is 336 g/mol. The molecular formula is C18H24N4O4. The highest BCUT2D eigenvalue weighted by atomic mass is 16.5. The Morgan fingerprint density at radius 1 is 1.31 bits per heavy atom. The predicted octanol–water partition coefficient (Wildman–Crippen LogP) is 0.792. The van der Waals surface area contributed by atoms with Crippen molar-refractivity contribution in [2.75, 3.05) is 31.1 Å². The predicted molar refractivity (Wildman–Crippen MR) is 98.1 cm³/mol. The van der Waals surface area contributed by atoms with E-state index >= 15 is 0 Å². The maximum Gasteiger partial charge on any atom is 0.321 e. The highest BCUT2D eigenvalue weighted by Gasteiger charge is 2.31. The zero-order valence-electron chi connectivity index (χ0n) is 14.8. The molecule has 0 saturated carbocycles. The maximum atomic E-state index is 12.3. The average molecular weight is 360 g/mol. The van der Waals surface area contributed by atoms with Crippen molar-refractivity contribution in [1.82, 2.24) is 16.0 Å². The lowest BCUT2D eigenvalue weighted by Gasteiger charge is -2.35. The Hall–Kier alpha value is -3.03. The maximum absolute atomic E-state index is 12.3. The Labute approximate surface area is 152 Å². The fourth-order valence-electron chi connectivity index (χ4n) is 2.50. The number of amides is 4. The van der Waals surface area contributed by atoms with Gasteiger partial charge in [-0.05, 0) is 18.6 Å². The molecule has 1 aromatic rings. The molecule has 1 aliphatic rings. The third kappa shape index (κ3) is 5.23. The van der Waals surface area contributed by atoms with Gasteiger partial charge in [-0.15, -0.1) is 6.58 Å². The normalized spacial score (nSPS) is 15.3. The summed E-state index contributed by atoms with van der Waals surface area (Å²) in [6.45, 7) is 6.42. The molecule has 8 nitrogen and oxygen atoms in total. The van der Waals surface area contributed by atoms with Crippen LogP contribution in [0.15, 0.2) is 36.9 Å². The van der Waals surface area contributed by atoms with Gasteiger partial charge in [-0.1, -0.05) is 25.1 Å². The lowest BCUT2D eigenvalue weighted by atomic mass is 10.1. The zero-order chi connectivity index (χ0) is 18.9. The van der Waals surface area contributed by atoms with Gasteiger partial charge in [0.15, 0.2) is 6.10 Å². The molecule has 0 fully saturated rings. The molecule has 4 amide bonds. The summed E-state index contributed by atoms with van der Waals surface area (Å²) in [6, 6.07) is 6.58. The molecule has 0 aliphatic carbocycles. The van der Waals surface area contributed by atoms with E-state index in [1.54, 1.807) is 23.1 Å². The van der Waals surface area contributed by atoms with Gasteiger partial charge in [-0.3, -0.25) is 14.9 Å². The minimum atomic E-state index is -0.723. The number of urea groups is 1. The van der Waals surface area contributed by atoms with E-state index < -0.39 is 18.0 Å². The highest BCUT2D eigenvalue weighted by molar-refractivity contribution is 5.97. The number of anilines is 1. The Morgan fingerprint density at radius 2 is 2.08 bits per heavy atom. The molecule has 1 atom stereocenters. The van der Waals surface area contributed by atoms with Crippen molar-refractivity contribution in [3.63, 3.8) is 0 Å². The summed E-state index contributed by atoms with van der Waals surface area (Å²) in [4.78, 5) is 37.7. The lowest BCUT2D eigenvalue weighted by molar-refractivity contribution is -0.128. The van der Waals surface area contributed by atoms with Crippen molar-refractivity contribution >= 4 is 23.5 Å². The molecule has 0 spiro atoms. The van der Waals surface area contributed by atoms with Crippen molar-refractivity contribution in [3.05, 3.63) is 36.9 Å². The Kier molecular flexibility index (Phi) is 7.02. The van der Waals surface area contributed by atoms with Crippen LogP contribution in [-0.2, 0) is 9.59 Å². The number of ether oxygens (including phenoxy) is 1. The van der Waals surface area contributed by atoms with Crippen LogP contribution in [0, 0.1) is 0 Å². The van der Waals surface area contributed by atoms with Gasteiger partial charge >= 0.3 is 6.03 Å². The molecule has 8 heteroatoms. The van der Waals surface area contributed by atoms with Gasteiger partial charge in [0.25, 0.3) is 5.91 Å². The summed E-state index contributed by atoms with van der Waals surface area (Å²) < 4.78 is 5.76. The van der Waals surface area contributed by atoms with Crippen molar-refractivity contribution in [3.8, 4) is 5.75 Å². The van der Waals surface area contributed by atoms with Gasteiger partial charge in [0, 0.05) is 13.1 Å². The molecule has 0 saturated heterocycles. The van der Waals surface area contributed by atoms with Crippen molar-refractivity contribution in [2.24, 2.45) is 0 Å². The van der Waals surface area contributed by atoms with E-state index in [4.69, 9.17) is 4.74 Å². The summed E-state index contributed by atoms with van der Waals surface area (Å²) in [5, 5.41) is 7.52. The number of imide groups is 1. The molecule has 3 N–H and O–H groups in total. The SMILES string of the molecule is C=CCNC(=O)NC(=O)CN1C[C@@H](C(=O)NCCC)Oc2ccccc21. The number of hydrogen-bond donors (Lipinski definition) is 3. The number of nitrogens with zero attached hydrogens (tertiary/aromatic N) is 1. The van der Waals surface area contributed by atoms with Gasteiger partial charge in [0.05, 0.1) is 18.8 Å². The zero-order valence-corrected chi connectivity index (χ0v) is 14.8. The largest absolute Gasteiger partial charge is 0.477 e. The molecule has 0 unspecified atom stereocenters. The van der Waals surface area contributed by atoms with E-state index in [0.29, 0.717) is 18.0 Å². The molecule has 0 aromatic heterocycles. The minimum absolute atomic E-state index is 0.0700. The third-order valence-electron chi connectivity index (χ3n) is 3.70. The number of fused-ring (bicyclic) bond motifs is 1. The number of carbonyl (C=O) groups is 3. The van der Waals surface area contributed by atoms with Gasteiger partial charge < -0.3 is 20.3 Å². The van der Waals surface area contributed by atoms with Crippen LogP contribution in [0.3, 0.4) is 0 Å². The second kappa shape index (κ2) is 9.45. The van der Waals surface area contributed by atoms with E-state index in [2.05, 4.69) is 22.5 Å². The van der Waals surface area contributed by atoms with Crippen LogP contribution < -0.4 is 25.6 Å². The van der Waals surface area contributed by atoms with Crippen LogP contribution in [0.25, 0.3) is 0 Å². The second-order valence-corrected chi connectivity index (χ2v) is 5.79. The number of nitrogens with one attached hydrogen (secondary N) is 3.